The van der Waals surface area contributed by atoms with Crippen molar-refractivity contribution in [2.75, 3.05) is 0 Å². The molecular formula is C14H12O6. The van der Waals surface area contributed by atoms with E-state index < -0.39 is 23.1 Å². The van der Waals surface area contributed by atoms with Gasteiger partial charge >= 0.3 is 11.9 Å². The molecule has 0 saturated carbocycles. The van der Waals surface area contributed by atoms with Crippen LogP contribution in [0.5, 0.6) is 11.5 Å². The Kier molecular flexibility index (Phi) is 3.23. The van der Waals surface area contributed by atoms with Crippen LogP contribution in [0.4, 0.5) is 0 Å². The summed E-state index contributed by atoms with van der Waals surface area (Å²) in [6, 6.07) is 4.24. The van der Waals surface area contributed by atoms with Crippen molar-refractivity contribution in [2.45, 2.75) is 6.42 Å². The van der Waals surface area contributed by atoms with Crippen LogP contribution in [0.15, 0.2) is 36.4 Å². The summed E-state index contributed by atoms with van der Waals surface area (Å²) >= 11 is 0. The zero-order valence-electron chi connectivity index (χ0n) is 10.3. The molecular weight excluding hydrogens is 264 g/mol. The Morgan fingerprint density at radius 2 is 1.75 bits per heavy atom. The molecule has 6 nitrogen and oxygen atoms in total. The van der Waals surface area contributed by atoms with Gasteiger partial charge in [0.15, 0.2) is 16.9 Å². The van der Waals surface area contributed by atoms with E-state index in [2.05, 4.69) is 0 Å². The maximum Gasteiger partial charge on any atom is 0.325 e. The lowest BCUT2D eigenvalue weighted by atomic mass is 9.76. The van der Waals surface area contributed by atoms with Crippen molar-refractivity contribution < 1.29 is 30.0 Å². The highest BCUT2D eigenvalue weighted by atomic mass is 16.4. The van der Waals surface area contributed by atoms with Crippen molar-refractivity contribution >= 4 is 17.5 Å². The number of carboxylic acid groups (broad SMARTS) is 2. The van der Waals surface area contributed by atoms with Gasteiger partial charge in [-0.1, -0.05) is 30.4 Å². The summed E-state index contributed by atoms with van der Waals surface area (Å²) in [6.07, 6.45) is 3.62. The summed E-state index contributed by atoms with van der Waals surface area (Å²) in [7, 11) is 0. The smallest absolute Gasteiger partial charge is 0.325 e. The Bertz CT molecular complexity index is 627. The maximum absolute atomic E-state index is 11.3. The molecule has 1 aromatic carbocycles. The molecule has 0 heterocycles. The summed E-state index contributed by atoms with van der Waals surface area (Å²) in [5, 5.41) is 37.6. The highest BCUT2D eigenvalue weighted by molar-refractivity contribution is 6.03. The van der Waals surface area contributed by atoms with Gasteiger partial charge in [-0.2, -0.15) is 0 Å². The first-order valence-corrected chi connectivity index (χ1v) is 5.75. The van der Waals surface area contributed by atoms with Gasteiger partial charge in [0.25, 0.3) is 0 Å². The third-order valence-electron chi connectivity index (χ3n) is 3.27. The molecule has 0 aromatic heterocycles. The van der Waals surface area contributed by atoms with Gasteiger partial charge in [0.1, 0.15) is 0 Å². The summed E-state index contributed by atoms with van der Waals surface area (Å²) < 4.78 is 0. The molecule has 2 rings (SSSR count). The number of carboxylic acids is 2. The van der Waals surface area contributed by atoms with Crippen LogP contribution < -0.4 is 0 Å². The van der Waals surface area contributed by atoms with Gasteiger partial charge in [0.2, 0.25) is 0 Å². The first kappa shape index (κ1) is 13.7. The average molecular weight is 276 g/mol. The maximum atomic E-state index is 11.3. The van der Waals surface area contributed by atoms with Crippen molar-refractivity contribution in [3.63, 3.8) is 0 Å². The van der Waals surface area contributed by atoms with Crippen LogP contribution in [0.25, 0.3) is 5.57 Å². The Hall–Kier alpha value is -2.76. The fourth-order valence-electron chi connectivity index (χ4n) is 2.11. The summed E-state index contributed by atoms with van der Waals surface area (Å²) in [5.41, 5.74) is -1.53. The normalized spacial score (nSPS) is 16.5. The van der Waals surface area contributed by atoms with Gasteiger partial charge in [-0.3, -0.25) is 9.59 Å². The molecule has 0 spiro atoms. The number of aromatic hydroxyl groups is 2. The Labute approximate surface area is 113 Å². The van der Waals surface area contributed by atoms with Gasteiger partial charge < -0.3 is 20.4 Å². The van der Waals surface area contributed by atoms with E-state index in [0.29, 0.717) is 5.57 Å². The van der Waals surface area contributed by atoms with Crippen LogP contribution in [-0.4, -0.2) is 32.4 Å². The van der Waals surface area contributed by atoms with E-state index in [1.165, 1.54) is 30.4 Å². The first-order valence-electron chi connectivity index (χ1n) is 5.75. The van der Waals surface area contributed by atoms with Crippen LogP contribution in [0.1, 0.15) is 12.0 Å². The summed E-state index contributed by atoms with van der Waals surface area (Å²) in [6.45, 7) is 0. The molecule has 20 heavy (non-hydrogen) atoms. The molecule has 0 atom stereocenters. The van der Waals surface area contributed by atoms with E-state index in [9.17, 15) is 30.0 Å². The van der Waals surface area contributed by atoms with E-state index >= 15 is 0 Å². The van der Waals surface area contributed by atoms with Crippen LogP contribution in [0.2, 0.25) is 0 Å². The zero-order chi connectivity index (χ0) is 14.9. The van der Waals surface area contributed by atoms with E-state index in [0.717, 1.165) is 6.08 Å². The monoisotopic (exact) mass is 276 g/mol. The summed E-state index contributed by atoms with van der Waals surface area (Å²) in [5.74, 6) is -3.72. The molecule has 1 aliphatic rings. The molecule has 1 aliphatic carbocycles. The van der Waals surface area contributed by atoms with Crippen molar-refractivity contribution in [3.05, 3.63) is 42.0 Å². The Morgan fingerprint density at radius 3 is 2.35 bits per heavy atom. The second kappa shape index (κ2) is 4.73. The number of rotatable bonds is 3. The van der Waals surface area contributed by atoms with Crippen LogP contribution >= 0.6 is 0 Å². The predicted octanol–water partition coefficient (Wildman–Crippen LogP) is 1.60. The summed E-state index contributed by atoms with van der Waals surface area (Å²) in [4.78, 5) is 22.6. The SMILES string of the molecule is O=C(O)C1(C(=O)O)C=CC=C(c2cccc(O)c2O)C1. The Morgan fingerprint density at radius 1 is 1.10 bits per heavy atom. The van der Waals surface area contributed by atoms with Gasteiger partial charge in [-0.05, 0) is 11.6 Å². The molecule has 0 fully saturated rings. The van der Waals surface area contributed by atoms with Crippen molar-refractivity contribution in [1.29, 1.82) is 0 Å². The number of phenolic OH excluding ortho intramolecular Hbond substituents is 2. The van der Waals surface area contributed by atoms with Gasteiger partial charge in [-0.25, -0.2) is 0 Å². The third-order valence-corrected chi connectivity index (χ3v) is 3.27. The van der Waals surface area contributed by atoms with E-state index in [1.54, 1.807) is 0 Å². The molecule has 0 aliphatic heterocycles. The molecule has 0 unspecified atom stereocenters. The number of benzene rings is 1. The topological polar surface area (TPSA) is 115 Å². The molecule has 0 bridgehead atoms. The molecule has 0 saturated heterocycles. The van der Waals surface area contributed by atoms with Gasteiger partial charge in [0, 0.05) is 12.0 Å². The van der Waals surface area contributed by atoms with Crippen molar-refractivity contribution in [2.24, 2.45) is 5.41 Å². The predicted molar refractivity (Wildman–Crippen MR) is 69.2 cm³/mol. The largest absolute Gasteiger partial charge is 0.504 e. The number of hydrogen-bond acceptors (Lipinski definition) is 4. The van der Waals surface area contributed by atoms with Crippen LogP contribution in [0.3, 0.4) is 0 Å². The number of phenols is 2. The van der Waals surface area contributed by atoms with Crippen LogP contribution in [0, 0.1) is 5.41 Å². The van der Waals surface area contributed by atoms with Gasteiger partial charge in [-0.15, -0.1) is 0 Å². The number of carbonyl (C=O) groups is 2. The van der Waals surface area contributed by atoms with E-state index in [1.807, 2.05) is 0 Å². The quantitative estimate of drug-likeness (QED) is 0.492. The lowest BCUT2D eigenvalue weighted by molar-refractivity contribution is -0.160. The molecule has 104 valence electrons. The molecule has 4 N–H and O–H groups in total. The highest BCUT2D eigenvalue weighted by Crippen LogP contribution is 2.41. The van der Waals surface area contributed by atoms with Crippen LogP contribution in [-0.2, 0) is 9.59 Å². The number of hydrogen-bond donors (Lipinski definition) is 4. The molecule has 1 aromatic rings. The minimum atomic E-state index is -2.07. The number of aliphatic carboxylic acids is 2. The van der Waals surface area contributed by atoms with Crippen molar-refractivity contribution in [1.82, 2.24) is 0 Å². The van der Waals surface area contributed by atoms with Crippen molar-refractivity contribution in [3.8, 4) is 11.5 Å². The van der Waals surface area contributed by atoms with E-state index in [4.69, 9.17) is 0 Å². The first-order chi connectivity index (χ1) is 9.38. The third kappa shape index (κ3) is 2.01. The zero-order valence-corrected chi connectivity index (χ0v) is 10.3. The minimum absolute atomic E-state index is 0.209. The number of para-hydroxylation sites is 1. The highest BCUT2D eigenvalue weighted by Gasteiger charge is 2.46. The van der Waals surface area contributed by atoms with E-state index in [-0.39, 0.29) is 17.7 Å². The standard InChI is InChI=1S/C14H12O6/c15-10-5-1-4-9(11(10)16)8-3-2-6-14(7-8,12(17)18)13(19)20/h1-6,15-16H,7H2,(H,17,18)(H,19,20). The molecule has 0 amide bonds. The molecule has 6 heteroatoms. The molecule has 0 radical (unpaired) electrons. The fourth-order valence-corrected chi connectivity index (χ4v) is 2.11. The second-order valence-corrected chi connectivity index (χ2v) is 4.48. The van der Waals surface area contributed by atoms with Gasteiger partial charge in [0.05, 0.1) is 0 Å². The average Bonchev–Trinajstić information content (AvgIpc) is 2.41. The minimum Gasteiger partial charge on any atom is -0.504 e. The number of allylic oxidation sites excluding steroid dienone is 3. The second-order valence-electron chi connectivity index (χ2n) is 4.48. The lowest BCUT2D eigenvalue weighted by Crippen LogP contribution is -2.38. The lowest BCUT2D eigenvalue weighted by Gasteiger charge is -2.25. The Balaban J connectivity index is 2.49. The fraction of sp³-hybridized carbons (Fsp3) is 0.143.